The van der Waals surface area contributed by atoms with Gasteiger partial charge in [-0.1, -0.05) is 18.2 Å². The van der Waals surface area contributed by atoms with Gasteiger partial charge in [-0.05, 0) is 50.3 Å². The molecule has 1 aliphatic carbocycles. The van der Waals surface area contributed by atoms with Crippen LogP contribution in [0.25, 0.3) is 0 Å². The maximum absolute atomic E-state index is 11.6. The summed E-state index contributed by atoms with van der Waals surface area (Å²) in [4.78, 5) is 11.6. The number of rotatable bonds is 2. The SMILES string of the molecule is CC(=O)C1(c2cccc(C)c2C)CC1. The van der Waals surface area contributed by atoms with Gasteiger partial charge in [0.2, 0.25) is 0 Å². The molecule has 1 heteroatoms. The molecule has 1 fully saturated rings. The summed E-state index contributed by atoms with van der Waals surface area (Å²) in [5, 5.41) is 0. The fourth-order valence-corrected chi connectivity index (χ4v) is 2.21. The zero-order valence-corrected chi connectivity index (χ0v) is 9.05. The van der Waals surface area contributed by atoms with E-state index in [-0.39, 0.29) is 5.41 Å². The van der Waals surface area contributed by atoms with E-state index in [9.17, 15) is 4.79 Å². The number of aryl methyl sites for hydroxylation is 1. The number of benzene rings is 1. The summed E-state index contributed by atoms with van der Waals surface area (Å²) in [7, 11) is 0. The number of hydrogen-bond donors (Lipinski definition) is 0. The lowest BCUT2D eigenvalue weighted by Crippen LogP contribution is -2.18. The van der Waals surface area contributed by atoms with E-state index in [0.717, 1.165) is 12.8 Å². The molecule has 1 aliphatic rings. The van der Waals surface area contributed by atoms with Crippen LogP contribution in [0.1, 0.15) is 36.5 Å². The Morgan fingerprint density at radius 1 is 1.29 bits per heavy atom. The average molecular weight is 188 g/mol. The monoisotopic (exact) mass is 188 g/mol. The van der Waals surface area contributed by atoms with Gasteiger partial charge in [-0.15, -0.1) is 0 Å². The fourth-order valence-electron chi connectivity index (χ4n) is 2.21. The van der Waals surface area contributed by atoms with E-state index >= 15 is 0 Å². The molecule has 0 unspecified atom stereocenters. The predicted octanol–water partition coefficient (Wildman–Crippen LogP) is 2.92. The van der Waals surface area contributed by atoms with Crippen molar-refractivity contribution in [3.63, 3.8) is 0 Å². The van der Waals surface area contributed by atoms with E-state index in [1.165, 1.54) is 16.7 Å². The number of Topliss-reactive ketones (excluding diaryl/α,β-unsaturated/α-hetero) is 1. The van der Waals surface area contributed by atoms with Crippen molar-refractivity contribution in [2.45, 2.75) is 39.0 Å². The third-order valence-electron chi connectivity index (χ3n) is 3.54. The number of carbonyl (C=O) groups is 1. The molecule has 74 valence electrons. The molecule has 1 aromatic carbocycles. The summed E-state index contributed by atoms with van der Waals surface area (Å²) < 4.78 is 0. The lowest BCUT2D eigenvalue weighted by atomic mass is 9.87. The second kappa shape index (κ2) is 2.94. The third-order valence-corrected chi connectivity index (χ3v) is 3.54. The van der Waals surface area contributed by atoms with E-state index in [4.69, 9.17) is 0 Å². The first-order valence-corrected chi connectivity index (χ1v) is 5.16. The Kier molecular flexibility index (Phi) is 1.99. The Hall–Kier alpha value is -1.11. The summed E-state index contributed by atoms with van der Waals surface area (Å²) in [5.74, 6) is 0.325. The first-order chi connectivity index (χ1) is 6.58. The Bertz CT molecular complexity index is 386. The highest BCUT2D eigenvalue weighted by Gasteiger charge is 2.49. The highest BCUT2D eigenvalue weighted by molar-refractivity contribution is 5.91. The number of carbonyl (C=O) groups excluding carboxylic acids is 1. The molecular weight excluding hydrogens is 172 g/mol. The van der Waals surface area contributed by atoms with E-state index in [1.54, 1.807) is 6.92 Å². The molecule has 0 aliphatic heterocycles. The summed E-state index contributed by atoms with van der Waals surface area (Å²) in [6.45, 7) is 5.94. The molecule has 0 atom stereocenters. The van der Waals surface area contributed by atoms with E-state index in [0.29, 0.717) is 5.78 Å². The van der Waals surface area contributed by atoms with Crippen LogP contribution in [0.2, 0.25) is 0 Å². The van der Waals surface area contributed by atoms with Crippen LogP contribution in [0.4, 0.5) is 0 Å². The molecule has 0 heterocycles. The van der Waals surface area contributed by atoms with Gasteiger partial charge in [0.05, 0.1) is 5.41 Å². The van der Waals surface area contributed by atoms with Gasteiger partial charge in [-0.25, -0.2) is 0 Å². The number of hydrogen-bond acceptors (Lipinski definition) is 1. The topological polar surface area (TPSA) is 17.1 Å². The highest BCUT2D eigenvalue weighted by atomic mass is 16.1. The maximum Gasteiger partial charge on any atom is 0.140 e. The van der Waals surface area contributed by atoms with Crippen LogP contribution >= 0.6 is 0 Å². The largest absolute Gasteiger partial charge is 0.299 e. The average Bonchev–Trinajstić information content (AvgIpc) is 2.90. The van der Waals surface area contributed by atoms with Crippen LogP contribution in [0.5, 0.6) is 0 Å². The van der Waals surface area contributed by atoms with Crippen LogP contribution in [0, 0.1) is 13.8 Å². The standard InChI is InChI=1S/C13H16O/c1-9-5-4-6-12(10(9)2)13(7-8-13)11(3)14/h4-6H,7-8H2,1-3H3. The minimum atomic E-state index is -0.115. The molecule has 0 radical (unpaired) electrons. The van der Waals surface area contributed by atoms with Crippen molar-refractivity contribution in [1.29, 1.82) is 0 Å². The van der Waals surface area contributed by atoms with Crippen molar-refractivity contribution in [3.8, 4) is 0 Å². The third kappa shape index (κ3) is 1.19. The highest BCUT2D eigenvalue weighted by Crippen LogP contribution is 2.50. The molecule has 0 spiro atoms. The van der Waals surface area contributed by atoms with Gasteiger partial charge in [0, 0.05) is 0 Å². The molecule has 1 saturated carbocycles. The first kappa shape index (κ1) is 9.45. The molecule has 1 aromatic rings. The number of ketones is 1. The Morgan fingerprint density at radius 2 is 1.93 bits per heavy atom. The second-order valence-electron chi connectivity index (χ2n) is 4.39. The molecule has 0 N–H and O–H groups in total. The maximum atomic E-state index is 11.6. The quantitative estimate of drug-likeness (QED) is 0.697. The van der Waals surface area contributed by atoms with E-state index in [1.807, 2.05) is 0 Å². The minimum absolute atomic E-state index is 0.115. The lowest BCUT2D eigenvalue weighted by molar-refractivity contribution is -0.119. The van der Waals surface area contributed by atoms with Crippen LogP contribution in [-0.2, 0) is 10.2 Å². The molecule has 0 saturated heterocycles. The Morgan fingerprint density at radius 3 is 2.43 bits per heavy atom. The molecule has 0 aromatic heterocycles. The van der Waals surface area contributed by atoms with Crippen molar-refractivity contribution in [3.05, 3.63) is 34.9 Å². The second-order valence-corrected chi connectivity index (χ2v) is 4.39. The van der Waals surface area contributed by atoms with Crippen LogP contribution in [-0.4, -0.2) is 5.78 Å². The predicted molar refractivity (Wildman–Crippen MR) is 57.5 cm³/mol. The molecule has 2 rings (SSSR count). The summed E-state index contributed by atoms with van der Waals surface area (Å²) >= 11 is 0. The van der Waals surface area contributed by atoms with Gasteiger partial charge in [0.15, 0.2) is 0 Å². The van der Waals surface area contributed by atoms with Gasteiger partial charge in [-0.3, -0.25) is 4.79 Å². The van der Waals surface area contributed by atoms with Crippen molar-refractivity contribution in [2.75, 3.05) is 0 Å². The van der Waals surface area contributed by atoms with E-state index in [2.05, 4.69) is 32.0 Å². The Labute approximate surface area is 85.1 Å². The molecule has 0 amide bonds. The first-order valence-electron chi connectivity index (χ1n) is 5.16. The Balaban J connectivity index is 2.52. The van der Waals surface area contributed by atoms with Gasteiger partial charge >= 0.3 is 0 Å². The van der Waals surface area contributed by atoms with Gasteiger partial charge < -0.3 is 0 Å². The smallest absolute Gasteiger partial charge is 0.140 e. The minimum Gasteiger partial charge on any atom is -0.299 e. The summed E-state index contributed by atoms with van der Waals surface area (Å²) in [6, 6.07) is 6.27. The van der Waals surface area contributed by atoms with Crippen LogP contribution in [0.3, 0.4) is 0 Å². The zero-order chi connectivity index (χ0) is 10.3. The zero-order valence-electron chi connectivity index (χ0n) is 9.05. The van der Waals surface area contributed by atoms with Crippen molar-refractivity contribution in [1.82, 2.24) is 0 Å². The van der Waals surface area contributed by atoms with Gasteiger partial charge in [0.1, 0.15) is 5.78 Å². The summed E-state index contributed by atoms with van der Waals surface area (Å²) in [5.41, 5.74) is 3.72. The van der Waals surface area contributed by atoms with Gasteiger partial charge in [0.25, 0.3) is 0 Å². The fraction of sp³-hybridized carbons (Fsp3) is 0.462. The molecule has 14 heavy (non-hydrogen) atoms. The van der Waals surface area contributed by atoms with Crippen LogP contribution in [0.15, 0.2) is 18.2 Å². The van der Waals surface area contributed by atoms with E-state index < -0.39 is 0 Å². The van der Waals surface area contributed by atoms with Crippen LogP contribution < -0.4 is 0 Å². The van der Waals surface area contributed by atoms with Crippen molar-refractivity contribution >= 4 is 5.78 Å². The summed E-state index contributed by atoms with van der Waals surface area (Å²) in [6.07, 6.45) is 2.07. The van der Waals surface area contributed by atoms with Crippen molar-refractivity contribution < 1.29 is 4.79 Å². The molecule has 0 bridgehead atoms. The van der Waals surface area contributed by atoms with Gasteiger partial charge in [-0.2, -0.15) is 0 Å². The lowest BCUT2D eigenvalue weighted by Gasteiger charge is -2.16. The molecule has 1 nitrogen and oxygen atoms in total. The van der Waals surface area contributed by atoms with Crippen molar-refractivity contribution in [2.24, 2.45) is 0 Å². The normalized spacial score (nSPS) is 17.9. The molecular formula is C13H16O.